The molecule has 2 unspecified atom stereocenters. The molecule has 0 saturated heterocycles. The van der Waals surface area contributed by atoms with Crippen LogP contribution in [0.25, 0.3) is 0 Å². The summed E-state index contributed by atoms with van der Waals surface area (Å²) in [6, 6.07) is 15.8. The topological polar surface area (TPSA) is 45.1 Å². The second kappa shape index (κ2) is 12.3. The molecule has 5 nitrogen and oxygen atoms in total. The van der Waals surface area contributed by atoms with Crippen molar-refractivity contribution in [3.63, 3.8) is 0 Å². The van der Waals surface area contributed by atoms with Crippen molar-refractivity contribution in [2.24, 2.45) is 10.9 Å². The van der Waals surface area contributed by atoms with E-state index in [4.69, 9.17) is 32.6 Å². The number of halogens is 2. The van der Waals surface area contributed by atoms with Crippen LogP contribution in [-0.2, 0) is 14.8 Å². The highest BCUT2D eigenvalue weighted by Crippen LogP contribution is 2.56. The molecule has 0 spiro atoms. The third kappa shape index (κ3) is 6.37. The Morgan fingerprint density at radius 1 is 1.05 bits per heavy atom. The van der Waals surface area contributed by atoms with Crippen LogP contribution in [0.5, 0.6) is 0 Å². The quantitative estimate of drug-likeness (QED) is 0.255. The van der Waals surface area contributed by atoms with Gasteiger partial charge in [-0.2, -0.15) is 0 Å². The molecule has 0 saturated carbocycles. The second-order valence-corrected chi connectivity index (χ2v) is 20.2. The molecule has 0 fully saturated rings. The highest BCUT2D eigenvalue weighted by Gasteiger charge is 2.53. The van der Waals surface area contributed by atoms with Gasteiger partial charge in [0.1, 0.15) is 10.4 Å². The summed E-state index contributed by atoms with van der Waals surface area (Å²) in [6.07, 6.45) is 0. The Bertz CT molecular complexity index is 1370. The van der Waals surface area contributed by atoms with Gasteiger partial charge in [0.25, 0.3) is 5.91 Å². The van der Waals surface area contributed by atoms with Crippen molar-refractivity contribution in [3.8, 4) is 0 Å². The molecule has 2 atom stereocenters. The second-order valence-electron chi connectivity index (χ2n) is 13.5. The Morgan fingerprint density at radius 3 is 2.10 bits per heavy atom. The lowest BCUT2D eigenvalue weighted by atomic mass is 9.81. The summed E-state index contributed by atoms with van der Waals surface area (Å²) in [5.41, 5.74) is 2.57. The smallest absolute Gasteiger partial charge is 0.262 e. The minimum absolute atomic E-state index is 0.0332. The summed E-state index contributed by atoms with van der Waals surface area (Å²) in [6.45, 7) is 22.9. The standard InChI is InChI=1S/C33H45Cl2N3O2SSi/c1-21(2)27-28(30(39)37(22(3)4)19-20-40-42(9,10)32(5,6)7)41-31-36-33(8,24-13-17-26(35)18-14-24)29(38(27)31)23-11-15-25(34)16-12-23/h11-18,21-22,29H,19-20H2,1-10H3. The maximum atomic E-state index is 14.3. The molecule has 9 heteroatoms. The predicted octanol–water partition coefficient (Wildman–Crippen LogP) is 9.49. The summed E-state index contributed by atoms with van der Waals surface area (Å²) in [7, 11) is -1.93. The van der Waals surface area contributed by atoms with Crippen molar-refractivity contribution in [1.82, 2.24) is 9.80 Å². The van der Waals surface area contributed by atoms with Gasteiger partial charge in [-0.15, -0.1) is 0 Å². The molecule has 2 aromatic rings. The fraction of sp³-hybridized carbons (Fsp3) is 0.515. The first kappa shape index (κ1) is 33.1. The van der Waals surface area contributed by atoms with E-state index in [0.717, 1.165) is 26.9 Å². The zero-order valence-corrected chi connectivity index (χ0v) is 29.9. The minimum atomic E-state index is -1.93. The molecule has 2 aromatic carbocycles. The van der Waals surface area contributed by atoms with Crippen LogP contribution in [-0.4, -0.2) is 48.4 Å². The molecule has 0 aromatic heterocycles. The maximum Gasteiger partial charge on any atom is 0.262 e. The molecule has 0 radical (unpaired) electrons. The number of thioether (sulfide) groups is 1. The largest absolute Gasteiger partial charge is 0.415 e. The van der Waals surface area contributed by atoms with Gasteiger partial charge in [0, 0.05) is 28.3 Å². The van der Waals surface area contributed by atoms with Crippen LogP contribution in [0.2, 0.25) is 28.2 Å². The monoisotopic (exact) mass is 645 g/mol. The number of amides is 1. The van der Waals surface area contributed by atoms with E-state index in [9.17, 15) is 4.79 Å². The summed E-state index contributed by atoms with van der Waals surface area (Å²) >= 11 is 14.1. The zero-order chi connectivity index (χ0) is 31.2. The third-order valence-electron chi connectivity index (χ3n) is 8.85. The number of hydrogen-bond donors (Lipinski definition) is 0. The van der Waals surface area contributed by atoms with Crippen molar-refractivity contribution in [2.45, 2.75) is 91.1 Å². The van der Waals surface area contributed by atoms with Crippen LogP contribution in [0, 0.1) is 5.92 Å². The molecule has 2 heterocycles. The number of fused-ring (bicyclic) bond motifs is 1. The van der Waals surface area contributed by atoms with Gasteiger partial charge >= 0.3 is 0 Å². The number of hydrogen-bond acceptors (Lipinski definition) is 5. The van der Waals surface area contributed by atoms with E-state index < -0.39 is 13.9 Å². The van der Waals surface area contributed by atoms with E-state index >= 15 is 0 Å². The Kier molecular flexibility index (Phi) is 9.71. The molecule has 42 heavy (non-hydrogen) atoms. The lowest BCUT2D eigenvalue weighted by Crippen LogP contribution is -2.45. The normalized spacial score (nSPS) is 21.0. The van der Waals surface area contributed by atoms with Crippen molar-refractivity contribution >= 4 is 54.4 Å². The van der Waals surface area contributed by atoms with Crippen LogP contribution >= 0.6 is 35.0 Å². The Morgan fingerprint density at radius 2 is 1.60 bits per heavy atom. The first-order chi connectivity index (χ1) is 19.5. The van der Waals surface area contributed by atoms with Gasteiger partial charge < -0.3 is 14.2 Å². The first-order valence-electron chi connectivity index (χ1n) is 14.8. The van der Waals surface area contributed by atoms with Crippen molar-refractivity contribution in [2.75, 3.05) is 13.2 Å². The van der Waals surface area contributed by atoms with E-state index in [1.165, 1.54) is 11.8 Å². The number of amidine groups is 1. The minimum Gasteiger partial charge on any atom is -0.415 e. The summed E-state index contributed by atoms with van der Waals surface area (Å²) in [5.74, 6) is 0.140. The lowest BCUT2D eigenvalue weighted by Gasteiger charge is -2.38. The van der Waals surface area contributed by atoms with Crippen molar-refractivity contribution in [1.29, 1.82) is 0 Å². The fourth-order valence-corrected chi connectivity index (χ4v) is 8.05. The molecular weight excluding hydrogens is 601 g/mol. The van der Waals surface area contributed by atoms with Gasteiger partial charge in [-0.3, -0.25) is 4.79 Å². The first-order valence-corrected chi connectivity index (χ1v) is 19.2. The summed E-state index contributed by atoms with van der Waals surface area (Å²) in [4.78, 5) is 24.7. The van der Waals surface area contributed by atoms with E-state index in [1.54, 1.807) is 0 Å². The molecule has 0 bridgehead atoms. The van der Waals surface area contributed by atoms with Crippen molar-refractivity contribution in [3.05, 3.63) is 80.3 Å². The number of carbonyl (C=O) groups is 1. The Balaban J connectivity index is 1.73. The van der Waals surface area contributed by atoms with Gasteiger partial charge in [-0.05, 0) is 92.0 Å². The Labute approximate surface area is 267 Å². The van der Waals surface area contributed by atoms with Crippen LogP contribution < -0.4 is 0 Å². The highest BCUT2D eigenvalue weighted by atomic mass is 35.5. The van der Waals surface area contributed by atoms with Gasteiger partial charge in [-0.25, -0.2) is 4.99 Å². The van der Waals surface area contributed by atoms with Crippen LogP contribution in [0.15, 0.2) is 64.1 Å². The zero-order valence-electron chi connectivity index (χ0n) is 26.6. The number of rotatable bonds is 9. The van der Waals surface area contributed by atoms with E-state index in [2.05, 4.69) is 97.6 Å². The van der Waals surface area contributed by atoms with Crippen LogP contribution in [0.4, 0.5) is 0 Å². The van der Waals surface area contributed by atoms with Crippen LogP contribution in [0.1, 0.15) is 72.6 Å². The van der Waals surface area contributed by atoms with E-state index in [1.807, 2.05) is 29.2 Å². The van der Waals surface area contributed by atoms with Crippen molar-refractivity contribution < 1.29 is 9.22 Å². The molecule has 4 rings (SSSR count). The number of allylic oxidation sites excluding steroid dienone is 1. The number of aliphatic imine (C=N–C) groups is 1. The molecule has 2 aliphatic heterocycles. The molecule has 1 amide bonds. The summed E-state index contributed by atoms with van der Waals surface area (Å²) < 4.78 is 6.47. The molecule has 228 valence electrons. The molecule has 2 aliphatic rings. The third-order valence-corrected chi connectivity index (χ3v) is 15.0. The van der Waals surface area contributed by atoms with Gasteiger partial charge in [0.05, 0.1) is 12.6 Å². The van der Waals surface area contributed by atoms with Gasteiger partial charge in [0.15, 0.2) is 13.5 Å². The Hall–Kier alpha value is -1.77. The SMILES string of the molecule is CC(C)C1=C(C(=O)N(CCO[Si](C)(C)C(C)(C)C)C(C)C)SC2=NC(C)(c3ccc(Cl)cc3)C(c3ccc(Cl)cc3)N21. The molecule has 0 aliphatic carbocycles. The van der Waals surface area contributed by atoms with E-state index in [0.29, 0.717) is 23.2 Å². The molecular formula is C33H45Cl2N3O2SSi. The lowest BCUT2D eigenvalue weighted by molar-refractivity contribution is -0.128. The van der Waals surface area contributed by atoms with E-state index in [-0.39, 0.29) is 28.9 Å². The predicted molar refractivity (Wildman–Crippen MR) is 182 cm³/mol. The van der Waals surface area contributed by atoms with Gasteiger partial charge in [-0.1, -0.05) is 82.1 Å². The molecule has 0 N–H and O–H groups in total. The van der Waals surface area contributed by atoms with Gasteiger partial charge in [0.2, 0.25) is 0 Å². The average molecular weight is 647 g/mol. The summed E-state index contributed by atoms with van der Waals surface area (Å²) in [5, 5.41) is 2.34. The maximum absolute atomic E-state index is 14.3. The fourth-order valence-electron chi connectivity index (χ4n) is 5.40. The number of carbonyl (C=O) groups excluding carboxylic acids is 1. The number of nitrogens with zero attached hydrogens (tertiary/aromatic N) is 3. The average Bonchev–Trinajstić information content (AvgIpc) is 3.39. The highest BCUT2D eigenvalue weighted by molar-refractivity contribution is 8.18. The number of benzene rings is 2. The van der Waals surface area contributed by atoms with Crippen LogP contribution in [0.3, 0.4) is 0 Å².